The van der Waals surface area contributed by atoms with Crippen LogP contribution in [0.4, 0.5) is 10.1 Å². The minimum atomic E-state index is -0.535. The molecule has 2 N–H and O–H groups in total. The average molecular weight is 354 g/mol. The lowest BCUT2D eigenvalue weighted by atomic mass is 10.1. The van der Waals surface area contributed by atoms with Crippen molar-refractivity contribution in [3.05, 3.63) is 57.8 Å². The number of rotatable bonds is 4. The van der Waals surface area contributed by atoms with Crippen LogP contribution in [0.5, 0.6) is 5.75 Å². The number of halogens is 2. The number of nitrogen functional groups attached to an aromatic ring is 1. The highest BCUT2D eigenvalue weighted by Gasteiger charge is 2.15. The summed E-state index contributed by atoms with van der Waals surface area (Å²) in [6.07, 6.45) is 0. The van der Waals surface area contributed by atoms with Gasteiger partial charge in [-0.05, 0) is 18.2 Å². The molecule has 0 atom stereocenters. The highest BCUT2D eigenvalue weighted by Crippen LogP contribution is 2.23. The Balaban J connectivity index is 2.24. The van der Waals surface area contributed by atoms with Crippen LogP contribution in [-0.2, 0) is 11.3 Å². The molecule has 0 unspecified atom stereocenters. The number of esters is 1. The predicted molar refractivity (Wildman–Crippen MR) is 80.6 cm³/mol. The van der Waals surface area contributed by atoms with Crippen LogP contribution in [0.3, 0.4) is 0 Å². The van der Waals surface area contributed by atoms with Gasteiger partial charge in [0.1, 0.15) is 18.2 Å². The van der Waals surface area contributed by atoms with E-state index in [1.807, 2.05) is 0 Å². The second-order valence-corrected chi connectivity index (χ2v) is 5.18. The Labute approximate surface area is 129 Å². The lowest BCUT2D eigenvalue weighted by Crippen LogP contribution is -2.11. The number of methoxy groups -OCH3 is 1. The van der Waals surface area contributed by atoms with Crippen LogP contribution in [0.2, 0.25) is 0 Å². The molecule has 0 aliphatic carbocycles. The van der Waals surface area contributed by atoms with Gasteiger partial charge >= 0.3 is 5.97 Å². The van der Waals surface area contributed by atoms with E-state index in [4.69, 9.17) is 15.2 Å². The SMILES string of the molecule is COC(=O)c1c(N)cccc1COc1cc(F)cc(Br)c1. The van der Waals surface area contributed by atoms with Gasteiger partial charge in [0.15, 0.2) is 0 Å². The summed E-state index contributed by atoms with van der Waals surface area (Å²) < 4.78 is 24.1. The topological polar surface area (TPSA) is 61.5 Å². The number of anilines is 1. The Hall–Kier alpha value is -2.08. The second kappa shape index (κ2) is 6.58. The summed E-state index contributed by atoms with van der Waals surface area (Å²) in [5.74, 6) is -0.604. The van der Waals surface area contributed by atoms with Gasteiger partial charge in [0, 0.05) is 21.8 Å². The number of carbonyl (C=O) groups excluding carboxylic acids is 1. The maximum atomic E-state index is 13.3. The fraction of sp³-hybridized carbons (Fsp3) is 0.133. The van der Waals surface area contributed by atoms with E-state index in [-0.39, 0.29) is 12.2 Å². The first-order chi connectivity index (χ1) is 10.0. The maximum Gasteiger partial charge on any atom is 0.340 e. The number of ether oxygens (including phenoxy) is 2. The number of hydrogen-bond acceptors (Lipinski definition) is 4. The van der Waals surface area contributed by atoms with Gasteiger partial charge in [-0.1, -0.05) is 28.1 Å². The molecule has 0 radical (unpaired) electrons. The van der Waals surface area contributed by atoms with Gasteiger partial charge in [0.25, 0.3) is 0 Å². The van der Waals surface area contributed by atoms with Gasteiger partial charge in [-0.25, -0.2) is 9.18 Å². The third-order valence-corrected chi connectivity index (χ3v) is 3.26. The molecule has 6 heteroatoms. The van der Waals surface area contributed by atoms with E-state index in [0.29, 0.717) is 21.5 Å². The summed E-state index contributed by atoms with van der Waals surface area (Å²) in [4.78, 5) is 11.7. The largest absolute Gasteiger partial charge is 0.489 e. The van der Waals surface area contributed by atoms with Crippen molar-refractivity contribution in [3.63, 3.8) is 0 Å². The molecule has 21 heavy (non-hydrogen) atoms. The van der Waals surface area contributed by atoms with Crippen molar-refractivity contribution < 1.29 is 18.7 Å². The van der Waals surface area contributed by atoms with Crippen molar-refractivity contribution in [1.82, 2.24) is 0 Å². The van der Waals surface area contributed by atoms with E-state index in [1.165, 1.54) is 19.2 Å². The van der Waals surface area contributed by atoms with E-state index in [0.717, 1.165) is 0 Å². The molecule has 0 aromatic heterocycles. The first-order valence-corrected chi connectivity index (χ1v) is 6.85. The number of nitrogens with two attached hydrogens (primary N) is 1. The molecule has 0 fully saturated rings. The molecule has 0 spiro atoms. The van der Waals surface area contributed by atoms with Crippen LogP contribution in [0.1, 0.15) is 15.9 Å². The van der Waals surface area contributed by atoms with Gasteiger partial charge in [-0.3, -0.25) is 0 Å². The van der Waals surface area contributed by atoms with E-state index in [9.17, 15) is 9.18 Å². The molecular weight excluding hydrogens is 341 g/mol. The van der Waals surface area contributed by atoms with E-state index >= 15 is 0 Å². The lowest BCUT2D eigenvalue weighted by molar-refractivity contribution is 0.0599. The molecule has 0 aliphatic heterocycles. The number of carbonyl (C=O) groups is 1. The van der Waals surface area contributed by atoms with Gasteiger partial charge in [-0.15, -0.1) is 0 Å². The Morgan fingerprint density at radius 1 is 1.33 bits per heavy atom. The minimum Gasteiger partial charge on any atom is -0.489 e. The van der Waals surface area contributed by atoms with E-state index in [1.54, 1.807) is 24.3 Å². The lowest BCUT2D eigenvalue weighted by Gasteiger charge is -2.12. The minimum absolute atomic E-state index is 0.0748. The highest BCUT2D eigenvalue weighted by atomic mass is 79.9. The molecule has 2 aromatic carbocycles. The molecule has 0 saturated carbocycles. The van der Waals surface area contributed by atoms with Crippen LogP contribution in [-0.4, -0.2) is 13.1 Å². The predicted octanol–water partition coefficient (Wildman–Crippen LogP) is 3.54. The summed E-state index contributed by atoms with van der Waals surface area (Å²) in [6.45, 7) is 0.0748. The molecule has 2 aromatic rings. The molecule has 0 heterocycles. The Morgan fingerprint density at radius 3 is 2.76 bits per heavy atom. The fourth-order valence-electron chi connectivity index (χ4n) is 1.86. The average Bonchev–Trinajstić information content (AvgIpc) is 2.43. The highest BCUT2D eigenvalue weighted by molar-refractivity contribution is 9.10. The Morgan fingerprint density at radius 2 is 2.10 bits per heavy atom. The maximum absolute atomic E-state index is 13.3. The summed E-state index contributed by atoms with van der Waals surface area (Å²) in [5, 5.41) is 0. The van der Waals surface area contributed by atoms with Crippen LogP contribution in [0.25, 0.3) is 0 Å². The third kappa shape index (κ3) is 3.72. The number of hydrogen-bond donors (Lipinski definition) is 1. The quantitative estimate of drug-likeness (QED) is 0.674. The van der Waals surface area contributed by atoms with Crippen molar-refractivity contribution in [2.75, 3.05) is 12.8 Å². The molecule has 0 bridgehead atoms. The van der Waals surface area contributed by atoms with Gasteiger partial charge in [-0.2, -0.15) is 0 Å². The molecular formula is C15H13BrFNO3. The van der Waals surface area contributed by atoms with Crippen LogP contribution < -0.4 is 10.5 Å². The molecule has 0 amide bonds. The fourth-order valence-corrected chi connectivity index (χ4v) is 2.31. The van der Waals surface area contributed by atoms with Crippen molar-refractivity contribution in [2.45, 2.75) is 6.61 Å². The van der Waals surface area contributed by atoms with Crippen LogP contribution >= 0.6 is 15.9 Å². The molecule has 4 nitrogen and oxygen atoms in total. The van der Waals surface area contributed by atoms with Crippen LogP contribution in [0.15, 0.2) is 40.9 Å². The first kappa shape index (κ1) is 15.3. The summed E-state index contributed by atoms with van der Waals surface area (Å²) in [5.41, 5.74) is 6.93. The normalized spacial score (nSPS) is 10.2. The zero-order chi connectivity index (χ0) is 15.4. The van der Waals surface area contributed by atoms with Gasteiger partial charge in [0.2, 0.25) is 0 Å². The third-order valence-electron chi connectivity index (χ3n) is 2.80. The zero-order valence-corrected chi connectivity index (χ0v) is 12.8. The molecule has 0 aliphatic rings. The monoisotopic (exact) mass is 353 g/mol. The Bertz CT molecular complexity index is 656. The van der Waals surface area contributed by atoms with Crippen molar-refractivity contribution in [3.8, 4) is 5.75 Å². The van der Waals surface area contributed by atoms with Gasteiger partial charge < -0.3 is 15.2 Å². The first-order valence-electron chi connectivity index (χ1n) is 6.06. The van der Waals surface area contributed by atoms with E-state index < -0.39 is 11.8 Å². The smallest absolute Gasteiger partial charge is 0.340 e. The van der Waals surface area contributed by atoms with Crippen molar-refractivity contribution in [2.24, 2.45) is 0 Å². The second-order valence-electron chi connectivity index (χ2n) is 4.27. The summed E-state index contributed by atoms with van der Waals surface area (Å²) in [7, 11) is 1.28. The van der Waals surface area contributed by atoms with Gasteiger partial charge in [0.05, 0.1) is 12.7 Å². The van der Waals surface area contributed by atoms with Crippen molar-refractivity contribution in [1.29, 1.82) is 0 Å². The van der Waals surface area contributed by atoms with Crippen molar-refractivity contribution >= 4 is 27.6 Å². The van der Waals surface area contributed by atoms with Crippen LogP contribution in [0, 0.1) is 5.82 Å². The molecule has 0 saturated heterocycles. The van der Waals surface area contributed by atoms with E-state index in [2.05, 4.69) is 15.9 Å². The Kier molecular flexibility index (Phi) is 4.80. The standard InChI is InChI=1S/C15H13BrFNO3/c1-20-15(19)14-9(3-2-4-13(14)18)8-21-12-6-10(16)5-11(17)7-12/h2-7H,8,18H2,1H3. The summed E-state index contributed by atoms with van der Waals surface area (Å²) in [6, 6.07) is 9.24. The summed E-state index contributed by atoms with van der Waals surface area (Å²) >= 11 is 3.19. The molecule has 2 rings (SSSR count). The molecule has 110 valence electrons. The number of benzene rings is 2. The zero-order valence-electron chi connectivity index (χ0n) is 11.2.